The number of carbonyl (C=O) groups is 6. The molecular formula is C55H68O14. The molecule has 0 N–H and O–H groups in total. The molecule has 3 aromatic carbocycles. The van der Waals surface area contributed by atoms with Crippen LogP contribution < -0.4 is 9.47 Å². The lowest BCUT2D eigenvalue weighted by molar-refractivity contribution is -0.163. The summed E-state index contributed by atoms with van der Waals surface area (Å²) in [6, 6.07) is 21.8. The molecule has 69 heavy (non-hydrogen) atoms. The van der Waals surface area contributed by atoms with Crippen molar-refractivity contribution in [1.82, 2.24) is 0 Å². The molecule has 0 saturated carbocycles. The van der Waals surface area contributed by atoms with Crippen LogP contribution in [0.1, 0.15) is 95.2 Å². The monoisotopic (exact) mass is 952 g/mol. The van der Waals surface area contributed by atoms with Gasteiger partial charge in [0.2, 0.25) is 0 Å². The molecule has 0 spiro atoms. The summed E-state index contributed by atoms with van der Waals surface area (Å²) < 4.78 is 44.0. The lowest BCUT2D eigenvalue weighted by Gasteiger charge is -2.32. The van der Waals surface area contributed by atoms with Gasteiger partial charge >= 0.3 is 35.8 Å². The van der Waals surface area contributed by atoms with Crippen LogP contribution in [-0.4, -0.2) is 83.1 Å². The molecule has 0 heterocycles. The number of methoxy groups -OCH3 is 2. The third kappa shape index (κ3) is 20.4. The molecule has 14 nitrogen and oxygen atoms in total. The van der Waals surface area contributed by atoms with Gasteiger partial charge in [-0.25, -0.2) is 19.2 Å². The Morgan fingerprint density at radius 2 is 1.04 bits per heavy atom. The highest BCUT2D eigenvalue weighted by molar-refractivity contribution is 5.94. The number of hydrogen-bond donors (Lipinski definition) is 0. The Morgan fingerprint density at radius 1 is 0.522 bits per heavy atom. The lowest BCUT2D eigenvalue weighted by Crippen LogP contribution is -2.44. The van der Waals surface area contributed by atoms with Crippen molar-refractivity contribution in [1.29, 1.82) is 0 Å². The van der Waals surface area contributed by atoms with Gasteiger partial charge in [0.05, 0.1) is 33.7 Å². The van der Waals surface area contributed by atoms with Crippen LogP contribution in [-0.2, 0) is 76.6 Å². The van der Waals surface area contributed by atoms with E-state index >= 15 is 0 Å². The summed E-state index contributed by atoms with van der Waals surface area (Å²) in [7, 11) is 2.28. The standard InChI is InChI=1S/C55H68O14/c1-10-11-12-13-14-15-17-42-19-21-43(22-20-42)33-65-47-26-23-44(24-27-47)45-25-28-48(46(32-45)18-16-29-64-51(58)38(2)3)66-34-55(37-69-52(59)39(4)5,35-67-49(56)30-40(6)53(60)62-8)36-68-50(57)31-41(7)54(61)63-9/h19-28,32H,2,4,6-7,10-18,29-31,33-37H2,1,3,5,8-9H3. The smallest absolute Gasteiger partial charge is 0.333 e. The topological polar surface area (TPSA) is 176 Å². The maximum absolute atomic E-state index is 13.0. The molecule has 14 heteroatoms. The molecule has 3 aromatic rings. The average Bonchev–Trinajstić information content (AvgIpc) is 3.34. The molecule has 0 saturated heterocycles. The predicted molar refractivity (Wildman–Crippen MR) is 261 cm³/mol. The van der Waals surface area contributed by atoms with E-state index in [2.05, 4.69) is 67.0 Å². The summed E-state index contributed by atoms with van der Waals surface area (Å²) >= 11 is 0. The van der Waals surface area contributed by atoms with Crippen LogP contribution in [0, 0.1) is 5.41 Å². The number of rotatable bonds is 32. The van der Waals surface area contributed by atoms with Crippen molar-refractivity contribution < 1.29 is 66.7 Å². The van der Waals surface area contributed by atoms with Gasteiger partial charge in [-0.2, -0.15) is 0 Å². The Labute approximate surface area is 406 Å². The number of carbonyl (C=O) groups excluding carboxylic acids is 6. The minimum Gasteiger partial charge on any atom is -0.492 e. The summed E-state index contributed by atoms with van der Waals surface area (Å²) in [6.07, 6.45) is 8.38. The number of aryl methyl sites for hydroxylation is 2. The summed E-state index contributed by atoms with van der Waals surface area (Å²) in [5.74, 6) is -3.64. The quantitative estimate of drug-likeness (QED) is 0.0250. The van der Waals surface area contributed by atoms with Crippen molar-refractivity contribution in [2.24, 2.45) is 5.41 Å². The van der Waals surface area contributed by atoms with Crippen LogP contribution in [0.2, 0.25) is 0 Å². The number of unbranched alkanes of at least 4 members (excludes halogenated alkanes) is 5. The second-order valence-electron chi connectivity index (χ2n) is 17.0. The molecule has 0 aliphatic heterocycles. The van der Waals surface area contributed by atoms with Crippen molar-refractivity contribution in [3.63, 3.8) is 0 Å². The summed E-state index contributed by atoms with van der Waals surface area (Å²) in [5, 5.41) is 0. The van der Waals surface area contributed by atoms with E-state index in [0.717, 1.165) is 37.3 Å². The van der Waals surface area contributed by atoms with Gasteiger partial charge in [-0.3, -0.25) is 9.59 Å². The van der Waals surface area contributed by atoms with Gasteiger partial charge in [-0.05, 0) is 91.6 Å². The fourth-order valence-corrected chi connectivity index (χ4v) is 6.64. The Kier molecular flexibility index (Phi) is 24.3. The van der Waals surface area contributed by atoms with E-state index in [0.29, 0.717) is 36.5 Å². The highest BCUT2D eigenvalue weighted by Gasteiger charge is 2.38. The van der Waals surface area contributed by atoms with Crippen LogP contribution in [0.4, 0.5) is 0 Å². The first kappa shape index (κ1) is 56.4. The van der Waals surface area contributed by atoms with Crippen molar-refractivity contribution in [3.8, 4) is 22.6 Å². The average molecular weight is 953 g/mol. The van der Waals surface area contributed by atoms with Crippen molar-refractivity contribution in [3.05, 3.63) is 132 Å². The lowest BCUT2D eigenvalue weighted by atomic mass is 9.91. The summed E-state index contributed by atoms with van der Waals surface area (Å²) in [6.45, 7) is 18.2. The van der Waals surface area contributed by atoms with Crippen LogP contribution in [0.3, 0.4) is 0 Å². The first-order chi connectivity index (χ1) is 33.0. The van der Waals surface area contributed by atoms with Gasteiger partial charge < -0.3 is 37.9 Å². The predicted octanol–water partition coefficient (Wildman–Crippen LogP) is 9.70. The molecule has 0 unspecified atom stereocenters. The van der Waals surface area contributed by atoms with Crippen LogP contribution in [0.5, 0.6) is 11.5 Å². The second-order valence-corrected chi connectivity index (χ2v) is 17.0. The van der Waals surface area contributed by atoms with E-state index in [1.807, 2.05) is 36.4 Å². The van der Waals surface area contributed by atoms with Crippen LogP contribution in [0.15, 0.2) is 115 Å². The van der Waals surface area contributed by atoms with Crippen molar-refractivity contribution in [2.75, 3.05) is 47.3 Å². The minimum absolute atomic E-state index is 0.0658. The largest absolute Gasteiger partial charge is 0.492 e. The maximum atomic E-state index is 13.0. The SMILES string of the molecule is C=C(C)C(=O)OCCCc1cc(-c2ccc(OCc3ccc(CCCCCCCC)cc3)cc2)ccc1OCC(COC(=O)CC(=C)C(=O)OC)(COC(=O)CC(=C)C(=O)OC)COC(=O)C(=C)C. The van der Waals surface area contributed by atoms with E-state index in [1.54, 1.807) is 13.0 Å². The van der Waals surface area contributed by atoms with Crippen LogP contribution >= 0.6 is 0 Å². The first-order valence-electron chi connectivity index (χ1n) is 23.0. The molecule has 0 atom stereocenters. The van der Waals surface area contributed by atoms with Gasteiger partial charge in [0.1, 0.15) is 49.9 Å². The summed E-state index contributed by atoms with van der Waals surface area (Å²) in [5.41, 5.74) is 3.22. The Hall–Kier alpha value is -6.96. The zero-order chi connectivity index (χ0) is 50.8. The maximum Gasteiger partial charge on any atom is 0.333 e. The van der Waals surface area contributed by atoms with E-state index in [1.165, 1.54) is 51.0 Å². The fraction of sp³-hybridized carbons (Fsp3) is 0.418. The van der Waals surface area contributed by atoms with E-state index in [-0.39, 0.29) is 35.5 Å². The number of benzene rings is 3. The number of esters is 6. The van der Waals surface area contributed by atoms with E-state index in [9.17, 15) is 28.8 Å². The zero-order valence-corrected chi connectivity index (χ0v) is 40.9. The van der Waals surface area contributed by atoms with E-state index < -0.39 is 73.9 Å². The van der Waals surface area contributed by atoms with Crippen molar-refractivity contribution >= 4 is 35.8 Å². The normalized spacial score (nSPS) is 10.8. The van der Waals surface area contributed by atoms with Gasteiger partial charge in [-0.15, -0.1) is 0 Å². The molecule has 0 bridgehead atoms. The number of hydrogen-bond acceptors (Lipinski definition) is 14. The third-order valence-electron chi connectivity index (χ3n) is 10.8. The highest BCUT2D eigenvalue weighted by atomic mass is 16.6. The molecular weight excluding hydrogens is 885 g/mol. The zero-order valence-electron chi connectivity index (χ0n) is 40.9. The Balaban J connectivity index is 1.90. The molecule has 0 radical (unpaired) electrons. The fourth-order valence-electron chi connectivity index (χ4n) is 6.64. The molecule has 0 amide bonds. The van der Waals surface area contributed by atoms with Gasteiger partial charge in [0.25, 0.3) is 0 Å². The van der Waals surface area contributed by atoms with Crippen LogP contribution in [0.25, 0.3) is 11.1 Å². The van der Waals surface area contributed by atoms with Gasteiger partial charge in [-0.1, -0.05) is 108 Å². The highest BCUT2D eigenvalue weighted by Crippen LogP contribution is 2.32. The second kappa shape index (κ2) is 29.7. The summed E-state index contributed by atoms with van der Waals surface area (Å²) in [4.78, 5) is 74.9. The first-order valence-corrected chi connectivity index (χ1v) is 23.0. The molecule has 0 fully saturated rings. The molecule has 0 aliphatic rings. The minimum atomic E-state index is -1.58. The van der Waals surface area contributed by atoms with Crippen molar-refractivity contribution in [2.45, 2.75) is 98.0 Å². The Morgan fingerprint density at radius 3 is 1.61 bits per heavy atom. The third-order valence-corrected chi connectivity index (χ3v) is 10.8. The molecule has 372 valence electrons. The van der Waals surface area contributed by atoms with Gasteiger partial charge in [0, 0.05) is 22.3 Å². The Bertz CT molecular complexity index is 2210. The molecule has 0 aromatic heterocycles. The number of ether oxygens (including phenoxy) is 8. The molecule has 0 aliphatic carbocycles. The molecule has 3 rings (SSSR count). The van der Waals surface area contributed by atoms with Gasteiger partial charge in [0.15, 0.2) is 0 Å². The van der Waals surface area contributed by atoms with E-state index in [4.69, 9.17) is 28.4 Å².